The van der Waals surface area contributed by atoms with Crippen molar-refractivity contribution in [1.82, 2.24) is 0 Å². The normalized spacial score (nSPS) is 9.08. The molecule has 0 amide bonds. The summed E-state index contributed by atoms with van der Waals surface area (Å²) in [4.78, 5) is 51.3. The number of phosphoric acid groups is 2. The molecule has 0 spiro atoms. The molecule has 64 valence electrons. The second-order valence-corrected chi connectivity index (χ2v) is 2.68. The first-order valence-electron chi connectivity index (χ1n) is 1.46. The van der Waals surface area contributed by atoms with Crippen molar-refractivity contribution in [3.05, 3.63) is 0 Å². The second kappa shape index (κ2) is 13.1. The van der Waals surface area contributed by atoms with E-state index < -0.39 is 15.6 Å². The zero-order valence-electron chi connectivity index (χ0n) is 6.44. The average molecular weight is 280 g/mol. The van der Waals surface area contributed by atoms with E-state index in [1.807, 2.05) is 0 Å². The Morgan fingerprint density at radius 1 is 0.692 bits per heavy atom. The van der Waals surface area contributed by atoms with Gasteiger partial charge in [-0.2, -0.15) is 15.6 Å². The van der Waals surface area contributed by atoms with E-state index >= 15 is 0 Å². The zero-order valence-corrected chi connectivity index (χ0v) is 13.6. The first kappa shape index (κ1) is 29.8. The molecule has 0 aromatic heterocycles. The minimum absolute atomic E-state index is 0. The van der Waals surface area contributed by atoms with Crippen LogP contribution in [0.4, 0.5) is 0 Å². The Balaban J connectivity index is -0.0000000267. The molecule has 0 saturated heterocycles. The van der Waals surface area contributed by atoms with Gasteiger partial charge in [0.25, 0.3) is 0 Å². The third kappa shape index (κ3) is 280. The largest absolute Gasteiger partial charge is 3.00 e. The Bertz CT molecular complexity index is 134. The van der Waals surface area contributed by atoms with Gasteiger partial charge in [0.05, 0.1) is 0 Å². The van der Waals surface area contributed by atoms with E-state index in [-0.39, 0.29) is 84.7 Å². The van der Waals surface area contributed by atoms with Crippen LogP contribution in [0.2, 0.25) is 0 Å². The van der Waals surface area contributed by atoms with Gasteiger partial charge in [-0.25, -0.2) is 0 Å². The minimum Gasteiger partial charge on any atom is -0.822 e. The molecule has 8 nitrogen and oxygen atoms in total. The van der Waals surface area contributed by atoms with Crippen LogP contribution >= 0.6 is 15.6 Å². The van der Waals surface area contributed by atoms with Crippen LogP contribution in [0.3, 0.4) is 0 Å². The summed E-state index contributed by atoms with van der Waals surface area (Å²) in [6.07, 6.45) is 0. The number of hydrogen-bond acceptors (Lipinski definition) is 8. The molecule has 0 bridgehead atoms. The Morgan fingerprint density at radius 2 is 0.692 bits per heavy atom. The third-order valence-electron chi connectivity index (χ3n) is 0. The van der Waals surface area contributed by atoms with E-state index in [1.165, 1.54) is 0 Å². The van der Waals surface area contributed by atoms with Gasteiger partial charge in [0.1, 0.15) is 0 Å². The Morgan fingerprint density at radius 3 is 0.692 bits per heavy atom. The third-order valence-corrected chi connectivity index (χ3v) is 0. The van der Waals surface area contributed by atoms with E-state index in [0.717, 1.165) is 0 Å². The quantitative estimate of drug-likeness (QED) is 0.310. The molecular weight excluding hydrogens is 280 g/mol. The summed E-state index contributed by atoms with van der Waals surface area (Å²) in [5.41, 5.74) is 0. The predicted octanol–water partition coefficient (Wildman–Crippen LogP) is -9.41. The van der Waals surface area contributed by atoms with Gasteiger partial charge < -0.3 is 38.5 Å². The number of hydrogen-bond donors (Lipinski definition) is 0. The Kier molecular flexibility index (Phi) is 29.9. The molecule has 0 atom stereocenters. The van der Waals surface area contributed by atoms with Crippen LogP contribution in [0, 0.1) is 0 Å². The standard InChI is InChI=1S/Al.Ca.Na.2H3O4P/c;;;2*1-5(2,3)4/h;;;2*(H3,1,2,3,4)/q+3;+2;+1;;/p-6. The van der Waals surface area contributed by atoms with Crippen LogP contribution in [0.25, 0.3) is 0 Å². The monoisotopic (exact) mass is 280 g/mol. The molecule has 0 rings (SSSR count). The summed E-state index contributed by atoms with van der Waals surface area (Å²) < 4.78 is 17.1. The van der Waals surface area contributed by atoms with Crippen molar-refractivity contribution in [2.24, 2.45) is 0 Å². The number of rotatable bonds is 0. The van der Waals surface area contributed by atoms with Crippen LogP contribution in [-0.2, 0) is 9.13 Å². The Hall–Kier alpha value is 3.01. The van der Waals surface area contributed by atoms with Crippen molar-refractivity contribution in [2.45, 2.75) is 0 Å². The maximum atomic E-state index is 8.55. The molecule has 0 aromatic rings. The molecule has 0 aliphatic rings. The zero-order chi connectivity index (χ0) is 9.00. The van der Waals surface area contributed by atoms with Gasteiger partial charge in [0.15, 0.2) is 0 Å². The molecule has 0 radical (unpaired) electrons. The molecule has 0 unspecified atom stereocenters. The van der Waals surface area contributed by atoms with Crippen molar-refractivity contribution >= 4 is 70.7 Å². The summed E-state index contributed by atoms with van der Waals surface area (Å²) in [7, 11) is -10.8. The van der Waals surface area contributed by atoms with E-state index in [1.54, 1.807) is 0 Å². The summed E-state index contributed by atoms with van der Waals surface area (Å²) in [5, 5.41) is 0. The van der Waals surface area contributed by atoms with E-state index in [4.69, 9.17) is 38.5 Å². The van der Waals surface area contributed by atoms with Crippen LogP contribution < -0.4 is 58.9 Å². The van der Waals surface area contributed by atoms with Crippen molar-refractivity contribution in [2.75, 3.05) is 0 Å². The molecule has 0 aromatic carbocycles. The smallest absolute Gasteiger partial charge is 0.822 e. The summed E-state index contributed by atoms with van der Waals surface area (Å²) in [6, 6.07) is 0. The molecule has 0 aliphatic heterocycles. The molecule has 0 heterocycles. The van der Waals surface area contributed by atoms with Crippen molar-refractivity contribution in [3.63, 3.8) is 0 Å². The van der Waals surface area contributed by atoms with E-state index in [9.17, 15) is 0 Å². The van der Waals surface area contributed by atoms with Crippen molar-refractivity contribution in [1.29, 1.82) is 0 Å². The van der Waals surface area contributed by atoms with Gasteiger partial charge in [-0.05, 0) is 0 Å². The second-order valence-electron chi connectivity index (χ2n) is 0.894. The van der Waals surface area contributed by atoms with Gasteiger partial charge in [-0.1, -0.05) is 0 Å². The molecular formula is AlCaNaO8P2. The van der Waals surface area contributed by atoms with Gasteiger partial charge in [0, 0.05) is 0 Å². The molecule has 0 N–H and O–H groups in total. The molecule has 0 saturated carbocycles. The summed E-state index contributed by atoms with van der Waals surface area (Å²) in [5.74, 6) is 0. The maximum Gasteiger partial charge on any atom is 3.00 e. The van der Waals surface area contributed by atoms with E-state index in [0.29, 0.717) is 0 Å². The van der Waals surface area contributed by atoms with Crippen LogP contribution in [-0.4, -0.2) is 55.1 Å². The van der Waals surface area contributed by atoms with Crippen LogP contribution in [0.15, 0.2) is 0 Å². The molecule has 13 heteroatoms. The molecule has 0 aliphatic carbocycles. The van der Waals surface area contributed by atoms with Crippen LogP contribution in [0.5, 0.6) is 0 Å². The SMILES string of the molecule is O=P([O-])([O-])[O-].O=P([O-])([O-])[O-].[Al+3].[Ca+2].[Na+]. The predicted molar refractivity (Wildman–Crippen MR) is 26.7 cm³/mol. The first-order chi connectivity index (χ1) is 4.00. The van der Waals surface area contributed by atoms with E-state index in [2.05, 4.69) is 0 Å². The topological polar surface area (TPSA) is 172 Å². The van der Waals surface area contributed by atoms with Crippen LogP contribution in [0.1, 0.15) is 0 Å². The maximum absolute atomic E-state index is 8.55. The molecule has 0 fully saturated rings. The fraction of sp³-hybridized carbons (Fsp3) is 0. The van der Waals surface area contributed by atoms with Crippen molar-refractivity contribution < 1.29 is 68.0 Å². The fourth-order valence-corrected chi connectivity index (χ4v) is 0. The summed E-state index contributed by atoms with van der Waals surface area (Å²) in [6.45, 7) is 0. The van der Waals surface area contributed by atoms with Gasteiger partial charge in [-0.15, -0.1) is 0 Å². The fourth-order valence-electron chi connectivity index (χ4n) is 0. The first-order valence-corrected chi connectivity index (χ1v) is 4.38. The van der Waals surface area contributed by atoms with Crippen molar-refractivity contribution in [3.8, 4) is 0 Å². The van der Waals surface area contributed by atoms with Gasteiger partial charge in [0.2, 0.25) is 0 Å². The molecule has 13 heavy (non-hydrogen) atoms. The Labute approximate surface area is 137 Å². The van der Waals surface area contributed by atoms with Gasteiger partial charge in [-0.3, -0.25) is 0 Å². The minimum atomic E-state index is -5.39. The summed E-state index contributed by atoms with van der Waals surface area (Å²) >= 11 is 0. The average Bonchev–Trinajstić information content (AvgIpc) is 1.12. The van der Waals surface area contributed by atoms with Gasteiger partial charge >= 0.3 is 84.7 Å².